The second kappa shape index (κ2) is 11.0. The third-order valence-electron chi connectivity index (χ3n) is 4.94. The van der Waals surface area contributed by atoms with Gasteiger partial charge in [0, 0.05) is 23.9 Å². The van der Waals surface area contributed by atoms with Gasteiger partial charge in [0.2, 0.25) is 17.7 Å². The van der Waals surface area contributed by atoms with Gasteiger partial charge in [-0.05, 0) is 66.2 Å². The maximum atomic E-state index is 12.3. The van der Waals surface area contributed by atoms with Crippen LogP contribution in [0, 0.1) is 0 Å². The molecule has 4 aromatic rings. The number of hydrogen-bond acceptors (Lipinski definition) is 7. The van der Waals surface area contributed by atoms with Crippen molar-refractivity contribution in [2.45, 2.75) is 20.0 Å². The molecule has 0 unspecified atom stereocenters. The number of amides is 2. The first-order chi connectivity index (χ1) is 17.0. The molecule has 0 aliphatic rings. The monoisotopic (exact) mass is 472 g/mol. The van der Waals surface area contributed by atoms with E-state index in [0.29, 0.717) is 28.9 Å². The number of methoxy groups -OCH3 is 1. The van der Waals surface area contributed by atoms with Crippen molar-refractivity contribution in [3.63, 3.8) is 0 Å². The maximum Gasteiger partial charge on any atom is 0.254 e. The van der Waals surface area contributed by atoms with Crippen LogP contribution in [-0.2, 0) is 22.6 Å². The highest BCUT2D eigenvalue weighted by molar-refractivity contribution is 5.92. The molecule has 1 aromatic heterocycles. The van der Waals surface area contributed by atoms with Crippen LogP contribution in [0.25, 0.3) is 11.5 Å². The maximum absolute atomic E-state index is 12.3. The zero-order chi connectivity index (χ0) is 24.6. The van der Waals surface area contributed by atoms with Gasteiger partial charge in [0.25, 0.3) is 5.89 Å². The van der Waals surface area contributed by atoms with E-state index in [4.69, 9.17) is 13.9 Å². The molecule has 0 spiro atoms. The summed E-state index contributed by atoms with van der Waals surface area (Å²) >= 11 is 0. The molecule has 1 heterocycles. The molecule has 0 bridgehead atoms. The lowest BCUT2D eigenvalue weighted by Crippen LogP contribution is -2.14. The minimum Gasteiger partial charge on any atom is -0.497 e. The molecule has 0 radical (unpaired) electrons. The second-order valence-electron chi connectivity index (χ2n) is 7.65. The molecule has 35 heavy (non-hydrogen) atoms. The summed E-state index contributed by atoms with van der Waals surface area (Å²) in [5.41, 5.74) is 2.96. The van der Waals surface area contributed by atoms with Crippen molar-refractivity contribution < 1.29 is 23.5 Å². The van der Waals surface area contributed by atoms with Gasteiger partial charge in [-0.3, -0.25) is 9.59 Å². The summed E-state index contributed by atoms with van der Waals surface area (Å²) < 4.78 is 16.5. The lowest BCUT2D eigenvalue weighted by molar-refractivity contribution is -0.116. The molecule has 2 N–H and O–H groups in total. The SMILES string of the molecule is COc1ccc(-c2nnc(COc3ccc(NC(=O)Cc4ccc(NC(C)=O)cc4)cc3)o2)cc1. The molecular formula is C26H24N4O5. The average Bonchev–Trinajstić information content (AvgIpc) is 3.34. The van der Waals surface area contributed by atoms with Crippen LogP contribution in [0.4, 0.5) is 11.4 Å². The molecule has 0 saturated heterocycles. The number of anilines is 2. The van der Waals surface area contributed by atoms with E-state index in [2.05, 4.69) is 20.8 Å². The predicted molar refractivity (Wildman–Crippen MR) is 130 cm³/mol. The largest absolute Gasteiger partial charge is 0.497 e. The molecule has 0 aliphatic heterocycles. The zero-order valence-corrected chi connectivity index (χ0v) is 19.3. The van der Waals surface area contributed by atoms with E-state index in [1.165, 1.54) is 6.92 Å². The third kappa shape index (κ3) is 6.67. The lowest BCUT2D eigenvalue weighted by atomic mass is 10.1. The van der Waals surface area contributed by atoms with E-state index in [1.54, 1.807) is 55.6 Å². The fourth-order valence-corrected chi connectivity index (χ4v) is 3.24. The summed E-state index contributed by atoms with van der Waals surface area (Å²) in [7, 11) is 1.61. The van der Waals surface area contributed by atoms with Crippen LogP contribution in [-0.4, -0.2) is 29.1 Å². The molecule has 9 nitrogen and oxygen atoms in total. The average molecular weight is 473 g/mol. The summed E-state index contributed by atoms with van der Waals surface area (Å²) in [4.78, 5) is 23.4. The van der Waals surface area contributed by atoms with Gasteiger partial charge < -0.3 is 24.5 Å². The number of nitrogens with one attached hydrogen (secondary N) is 2. The first-order valence-corrected chi connectivity index (χ1v) is 10.8. The smallest absolute Gasteiger partial charge is 0.254 e. The number of rotatable bonds is 9. The van der Waals surface area contributed by atoms with Gasteiger partial charge in [-0.15, -0.1) is 10.2 Å². The molecular weight excluding hydrogens is 448 g/mol. The Hall–Kier alpha value is -4.66. The number of ether oxygens (including phenoxy) is 2. The summed E-state index contributed by atoms with van der Waals surface area (Å²) in [6.07, 6.45) is 0.215. The van der Waals surface area contributed by atoms with E-state index in [-0.39, 0.29) is 24.8 Å². The van der Waals surface area contributed by atoms with E-state index in [0.717, 1.165) is 16.9 Å². The van der Waals surface area contributed by atoms with Crippen LogP contribution in [0.3, 0.4) is 0 Å². The molecule has 0 aliphatic carbocycles. The molecule has 178 valence electrons. The molecule has 0 saturated carbocycles. The third-order valence-corrected chi connectivity index (χ3v) is 4.94. The van der Waals surface area contributed by atoms with Crippen molar-refractivity contribution in [3.05, 3.63) is 84.3 Å². The first-order valence-electron chi connectivity index (χ1n) is 10.8. The summed E-state index contributed by atoms with van der Waals surface area (Å²) in [6.45, 7) is 1.56. The second-order valence-corrected chi connectivity index (χ2v) is 7.65. The summed E-state index contributed by atoms with van der Waals surface area (Å²) in [5.74, 6) is 1.79. The Balaban J connectivity index is 1.26. The van der Waals surface area contributed by atoms with Gasteiger partial charge in [-0.25, -0.2) is 0 Å². The molecule has 9 heteroatoms. The summed E-state index contributed by atoms with van der Waals surface area (Å²) in [5, 5.41) is 13.6. The minimum atomic E-state index is -0.150. The Bertz CT molecular complexity index is 1280. The minimum absolute atomic E-state index is 0.114. The highest BCUT2D eigenvalue weighted by Crippen LogP contribution is 2.22. The Morgan fingerprint density at radius 3 is 2.11 bits per heavy atom. The molecule has 4 rings (SSSR count). The van der Waals surface area contributed by atoms with E-state index in [9.17, 15) is 9.59 Å². The zero-order valence-electron chi connectivity index (χ0n) is 19.3. The highest BCUT2D eigenvalue weighted by Gasteiger charge is 2.10. The van der Waals surface area contributed by atoms with Crippen molar-refractivity contribution in [1.82, 2.24) is 10.2 Å². The molecule has 2 amide bonds. The van der Waals surface area contributed by atoms with Crippen LogP contribution < -0.4 is 20.1 Å². The van der Waals surface area contributed by atoms with Crippen LogP contribution in [0.5, 0.6) is 11.5 Å². The van der Waals surface area contributed by atoms with Crippen molar-refractivity contribution in [2.24, 2.45) is 0 Å². The standard InChI is InChI=1S/C26H24N4O5/c1-17(31)27-20-7-3-18(4-8-20)15-24(32)28-21-9-13-23(14-10-21)34-16-25-29-30-26(35-25)19-5-11-22(33-2)12-6-19/h3-14H,15-16H2,1-2H3,(H,27,31)(H,28,32). The quantitative estimate of drug-likeness (QED) is 0.369. The van der Waals surface area contributed by atoms with Gasteiger partial charge in [0.05, 0.1) is 13.5 Å². The lowest BCUT2D eigenvalue weighted by Gasteiger charge is -2.08. The number of carbonyl (C=O) groups excluding carboxylic acids is 2. The Labute approximate surface area is 202 Å². The van der Waals surface area contributed by atoms with Crippen molar-refractivity contribution in [1.29, 1.82) is 0 Å². The fraction of sp³-hybridized carbons (Fsp3) is 0.154. The topological polar surface area (TPSA) is 116 Å². The number of benzene rings is 3. The number of hydrogen-bond donors (Lipinski definition) is 2. The summed E-state index contributed by atoms with van der Waals surface area (Å²) in [6, 6.07) is 21.5. The van der Waals surface area contributed by atoms with E-state index >= 15 is 0 Å². The number of aromatic nitrogens is 2. The van der Waals surface area contributed by atoms with Crippen LogP contribution in [0.1, 0.15) is 18.4 Å². The van der Waals surface area contributed by atoms with E-state index in [1.807, 2.05) is 24.3 Å². The van der Waals surface area contributed by atoms with Crippen LogP contribution in [0.2, 0.25) is 0 Å². The van der Waals surface area contributed by atoms with E-state index < -0.39 is 0 Å². The predicted octanol–water partition coefficient (Wildman–Crippen LogP) is 4.46. The highest BCUT2D eigenvalue weighted by atomic mass is 16.5. The van der Waals surface area contributed by atoms with Crippen molar-refractivity contribution >= 4 is 23.2 Å². The van der Waals surface area contributed by atoms with Crippen LogP contribution >= 0.6 is 0 Å². The van der Waals surface area contributed by atoms with Gasteiger partial charge in [0.1, 0.15) is 11.5 Å². The van der Waals surface area contributed by atoms with Gasteiger partial charge in [-0.2, -0.15) is 0 Å². The Morgan fingerprint density at radius 2 is 1.46 bits per heavy atom. The van der Waals surface area contributed by atoms with Gasteiger partial charge in [-0.1, -0.05) is 12.1 Å². The van der Waals surface area contributed by atoms with Gasteiger partial charge >= 0.3 is 0 Å². The van der Waals surface area contributed by atoms with Crippen LogP contribution in [0.15, 0.2) is 77.2 Å². The molecule has 3 aromatic carbocycles. The Kier molecular flexibility index (Phi) is 7.37. The molecule has 0 atom stereocenters. The fourth-order valence-electron chi connectivity index (χ4n) is 3.24. The first kappa shape index (κ1) is 23.5. The normalized spacial score (nSPS) is 10.5. The van der Waals surface area contributed by atoms with Gasteiger partial charge in [0.15, 0.2) is 6.61 Å². The Morgan fingerprint density at radius 1 is 0.829 bits per heavy atom. The van der Waals surface area contributed by atoms with Crippen molar-refractivity contribution in [3.8, 4) is 23.0 Å². The number of carbonyl (C=O) groups is 2. The number of nitrogens with zero attached hydrogens (tertiary/aromatic N) is 2. The van der Waals surface area contributed by atoms with Crippen molar-refractivity contribution in [2.75, 3.05) is 17.7 Å². The molecule has 0 fully saturated rings.